The molecule has 1 N–H and O–H groups in total. The first kappa shape index (κ1) is 11.9. The fraction of sp³-hybridized carbons (Fsp3) is 0.917. The van der Waals surface area contributed by atoms with Gasteiger partial charge in [0.1, 0.15) is 0 Å². The number of likely N-dealkylation sites (tertiary alicyclic amines) is 1. The molecule has 0 aromatic rings. The SMILES string of the molecule is CC1CC(C(=O)O)CCN1CC1CCOC1. The molecule has 0 amide bonds. The summed E-state index contributed by atoms with van der Waals surface area (Å²) in [6.45, 7) is 5.92. The fourth-order valence-corrected chi connectivity index (χ4v) is 2.78. The second kappa shape index (κ2) is 5.15. The van der Waals surface area contributed by atoms with Crippen LogP contribution in [0.2, 0.25) is 0 Å². The molecule has 0 spiro atoms. The Morgan fingerprint density at radius 3 is 2.88 bits per heavy atom. The predicted octanol–water partition coefficient (Wildman–Crippen LogP) is 1.21. The van der Waals surface area contributed by atoms with E-state index in [1.165, 1.54) is 0 Å². The third-order valence-electron chi connectivity index (χ3n) is 3.88. The predicted molar refractivity (Wildman–Crippen MR) is 60.3 cm³/mol. The molecule has 2 saturated heterocycles. The summed E-state index contributed by atoms with van der Waals surface area (Å²) in [6.07, 6.45) is 2.75. The van der Waals surface area contributed by atoms with E-state index in [9.17, 15) is 4.79 Å². The molecular weight excluding hydrogens is 206 g/mol. The summed E-state index contributed by atoms with van der Waals surface area (Å²) in [5.41, 5.74) is 0. The maximum atomic E-state index is 10.9. The molecule has 0 aromatic heterocycles. The number of ether oxygens (including phenoxy) is 1. The minimum atomic E-state index is -0.629. The molecule has 0 aliphatic carbocycles. The number of nitrogens with zero attached hydrogens (tertiary/aromatic N) is 1. The molecule has 3 atom stereocenters. The Bertz CT molecular complexity index is 251. The molecule has 2 aliphatic heterocycles. The minimum Gasteiger partial charge on any atom is -0.481 e. The average Bonchev–Trinajstić information content (AvgIpc) is 2.73. The average molecular weight is 227 g/mol. The molecule has 4 heteroatoms. The number of hydrogen-bond acceptors (Lipinski definition) is 3. The summed E-state index contributed by atoms with van der Waals surface area (Å²) in [5.74, 6) is -0.106. The van der Waals surface area contributed by atoms with Gasteiger partial charge in [-0.1, -0.05) is 0 Å². The van der Waals surface area contributed by atoms with E-state index in [1.54, 1.807) is 0 Å². The number of carboxylic acids is 1. The van der Waals surface area contributed by atoms with Crippen molar-refractivity contribution in [2.45, 2.75) is 32.2 Å². The third kappa shape index (κ3) is 2.74. The first-order valence-corrected chi connectivity index (χ1v) is 6.21. The second-order valence-electron chi connectivity index (χ2n) is 5.13. The van der Waals surface area contributed by atoms with Crippen LogP contribution in [0.5, 0.6) is 0 Å². The molecule has 0 aromatic carbocycles. The molecule has 2 fully saturated rings. The minimum absolute atomic E-state index is 0.133. The molecule has 92 valence electrons. The summed E-state index contributed by atoms with van der Waals surface area (Å²) >= 11 is 0. The Morgan fingerprint density at radius 2 is 2.31 bits per heavy atom. The zero-order valence-corrected chi connectivity index (χ0v) is 9.89. The van der Waals surface area contributed by atoms with Crippen LogP contribution < -0.4 is 0 Å². The lowest BCUT2D eigenvalue weighted by Gasteiger charge is -2.37. The van der Waals surface area contributed by atoms with Gasteiger partial charge in [0, 0.05) is 19.2 Å². The van der Waals surface area contributed by atoms with Crippen LogP contribution in [0.3, 0.4) is 0 Å². The van der Waals surface area contributed by atoms with Crippen LogP contribution in [-0.2, 0) is 9.53 Å². The van der Waals surface area contributed by atoms with Crippen molar-refractivity contribution >= 4 is 5.97 Å². The van der Waals surface area contributed by atoms with Crippen molar-refractivity contribution in [3.05, 3.63) is 0 Å². The van der Waals surface area contributed by atoms with Gasteiger partial charge in [0.05, 0.1) is 12.5 Å². The van der Waals surface area contributed by atoms with E-state index in [1.807, 2.05) is 0 Å². The first-order chi connectivity index (χ1) is 7.66. The van der Waals surface area contributed by atoms with Gasteiger partial charge < -0.3 is 14.7 Å². The van der Waals surface area contributed by atoms with Crippen LogP contribution in [0.1, 0.15) is 26.2 Å². The molecule has 0 radical (unpaired) electrons. The summed E-state index contributed by atoms with van der Waals surface area (Å²) in [4.78, 5) is 13.3. The first-order valence-electron chi connectivity index (χ1n) is 6.21. The van der Waals surface area contributed by atoms with Crippen LogP contribution in [0.4, 0.5) is 0 Å². The van der Waals surface area contributed by atoms with Crippen LogP contribution in [0, 0.1) is 11.8 Å². The van der Waals surface area contributed by atoms with Gasteiger partial charge in [-0.25, -0.2) is 0 Å². The molecule has 4 nitrogen and oxygen atoms in total. The Morgan fingerprint density at radius 1 is 1.50 bits per heavy atom. The number of aliphatic carboxylic acids is 1. The lowest BCUT2D eigenvalue weighted by atomic mass is 9.91. The third-order valence-corrected chi connectivity index (χ3v) is 3.88. The van der Waals surface area contributed by atoms with Gasteiger partial charge in [-0.2, -0.15) is 0 Å². The van der Waals surface area contributed by atoms with Crippen LogP contribution in [-0.4, -0.2) is 48.3 Å². The molecular formula is C12H21NO3. The van der Waals surface area contributed by atoms with Crippen molar-refractivity contribution in [2.24, 2.45) is 11.8 Å². The summed E-state index contributed by atoms with van der Waals surface area (Å²) < 4.78 is 5.37. The molecule has 2 aliphatic rings. The molecule has 3 unspecified atom stereocenters. The normalized spacial score (nSPS) is 36.4. The standard InChI is InChI=1S/C12H21NO3/c1-9-6-11(12(14)15)2-4-13(9)7-10-3-5-16-8-10/h9-11H,2-8H2,1H3,(H,14,15). The fourth-order valence-electron chi connectivity index (χ4n) is 2.78. The van der Waals surface area contributed by atoms with E-state index >= 15 is 0 Å². The van der Waals surface area contributed by atoms with Crippen molar-refractivity contribution in [2.75, 3.05) is 26.3 Å². The summed E-state index contributed by atoms with van der Waals surface area (Å²) in [5, 5.41) is 8.99. The highest BCUT2D eigenvalue weighted by Crippen LogP contribution is 2.25. The maximum Gasteiger partial charge on any atom is 0.306 e. The lowest BCUT2D eigenvalue weighted by Crippen LogP contribution is -2.44. The number of carbonyl (C=O) groups is 1. The van der Waals surface area contributed by atoms with Crippen molar-refractivity contribution in [1.82, 2.24) is 4.90 Å². The van der Waals surface area contributed by atoms with E-state index in [0.29, 0.717) is 12.0 Å². The van der Waals surface area contributed by atoms with Crippen LogP contribution >= 0.6 is 0 Å². The molecule has 16 heavy (non-hydrogen) atoms. The highest BCUT2D eigenvalue weighted by molar-refractivity contribution is 5.70. The zero-order valence-electron chi connectivity index (χ0n) is 9.89. The number of carboxylic acid groups (broad SMARTS) is 1. The monoisotopic (exact) mass is 227 g/mol. The van der Waals surface area contributed by atoms with Gasteiger partial charge >= 0.3 is 5.97 Å². The van der Waals surface area contributed by atoms with E-state index in [0.717, 1.165) is 45.6 Å². The number of hydrogen-bond donors (Lipinski definition) is 1. The number of rotatable bonds is 3. The number of piperidine rings is 1. The van der Waals surface area contributed by atoms with Gasteiger partial charge in [0.25, 0.3) is 0 Å². The van der Waals surface area contributed by atoms with E-state index in [-0.39, 0.29) is 5.92 Å². The quantitative estimate of drug-likeness (QED) is 0.787. The van der Waals surface area contributed by atoms with E-state index in [4.69, 9.17) is 9.84 Å². The van der Waals surface area contributed by atoms with Gasteiger partial charge in [-0.15, -0.1) is 0 Å². The topological polar surface area (TPSA) is 49.8 Å². The summed E-state index contributed by atoms with van der Waals surface area (Å²) in [7, 11) is 0. The highest BCUT2D eigenvalue weighted by Gasteiger charge is 2.31. The van der Waals surface area contributed by atoms with E-state index < -0.39 is 5.97 Å². The lowest BCUT2D eigenvalue weighted by molar-refractivity contribution is -0.144. The molecule has 2 heterocycles. The van der Waals surface area contributed by atoms with Crippen molar-refractivity contribution in [1.29, 1.82) is 0 Å². The molecule has 0 saturated carbocycles. The van der Waals surface area contributed by atoms with Crippen molar-refractivity contribution in [3.63, 3.8) is 0 Å². The Labute approximate surface area is 96.6 Å². The highest BCUT2D eigenvalue weighted by atomic mass is 16.5. The zero-order chi connectivity index (χ0) is 11.5. The smallest absolute Gasteiger partial charge is 0.306 e. The Hall–Kier alpha value is -0.610. The van der Waals surface area contributed by atoms with Crippen LogP contribution in [0.15, 0.2) is 0 Å². The maximum absolute atomic E-state index is 10.9. The Balaban J connectivity index is 1.81. The van der Waals surface area contributed by atoms with Gasteiger partial charge in [0.2, 0.25) is 0 Å². The molecule has 0 bridgehead atoms. The Kier molecular flexibility index (Phi) is 3.82. The van der Waals surface area contributed by atoms with Gasteiger partial charge in [-0.3, -0.25) is 4.79 Å². The summed E-state index contributed by atoms with van der Waals surface area (Å²) in [6, 6.07) is 0.399. The van der Waals surface area contributed by atoms with Crippen molar-refractivity contribution in [3.8, 4) is 0 Å². The van der Waals surface area contributed by atoms with Crippen molar-refractivity contribution < 1.29 is 14.6 Å². The molecule has 2 rings (SSSR count). The second-order valence-corrected chi connectivity index (χ2v) is 5.13. The van der Waals surface area contributed by atoms with E-state index in [2.05, 4.69) is 11.8 Å². The van der Waals surface area contributed by atoms with Gasteiger partial charge in [0.15, 0.2) is 0 Å². The van der Waals surface area contributed by atoms with Gasteiger partial charge in [-0.05, 0) is 38.6 Å². The van der Waals surface area contributed by atoms with Crippen LogP contribution in [0.25, 0.3) is 0 Å². The largest absolute Gasteiger partial charge is 0.481 e.